The Morgan fingerprint density at radius 3 is 2.38 bits per heavy atom. The van der Waals surface area contributed by atoms with E-state index in [9.17, 15) is 0 Å². The first-order chi connectivity index (χ1) is 15.4. The van der Waals surface area contributed by atoms with Crippen LogP contribution in [0.3, 0.4) is 0 Å². The maximum atomic E-state index is 6.80. The molecule has 2 aromatic carbocycles. The van der Waals surface area contributed by atoms with Gasteiger partial charge in [0.2, 0.25) is 0 Å². The van der Waals surface area contributed by atoms with Crippen LogP contribution in [0, 0.1) is 13.8 Å². The van der Waals surface area contributed by atoms with Gasteiger partial charge in [0.25, 0.3) is 0 Å². The van der Waals surface area contributed by atoms with Gasteiger partial charge < -0.3 is 4.90 Å². The van der Waals surface area contributed by atoms with Crippen molar-refractivity contribution in [3.63, 3.8) is 0 Å². The van der Waals surface area contributed by atoms with Gasteiger partial charge in [0, 0.05) is 29.2 Å². The molecule has 166 valence electrons. The van der Waals surface area contributed by atoms with E-state index < -0.39 is 0 Å². The molecule has 0 unspecified atom stereocenters. The molecule has 0 atom stereocenters. The van der Waals surface area contributed by atoms with E-state index in [2.05, 4.69) is 87.4 Å². The van der Waals surface area contributed by atoms with Gasteiger partial charge in [-0.2, -0.15) is 0 Å². The zero-order valence-electron chi connectivity index (χ0n) is 19.8. The van der Waals surface area contributed by atoms with Crippen LogP contribution in [0.5, 0.6) is 0 Å². The number of nitrogens with zero attached hydrogens (tertiary/aromatic N) is 2. The van der Waals surface area contributed by atoms with E-state index in [0.29, 0.717) is 0 Å². The molecule has 0 saturated heterocycles. The van der Waals surface area contributed by atoms with Gasteiger partial charge >= 0.3 is 0 Å². The Morgan fingerprint density at radius 1 is 0.969 bits per heavy atom. The predicted molar refractivity (Wildman–Crippen MR) is 141 cm³/mol. The van der Waals surface area contributed by atoms with E-state index in [1.165, 1.54) is 33.7 Å². The number of allylic oxidation sites excluding steroid dienone is 8. The molecule has 0 N–H and O–H groups in total. The maximum Gasteiger partial charge on any atom is 0.0661 e. The summed E-state index contributed by atoms with van der Waals surface area (Å²) < 4.78 is 0. The fourth-order valence-corrected chi connectivity index (χ4v) is 4.12. The van der Waals surface area contributed by atoms with E-state index in [0.717, 1.165) is 35.7 Å². The smallest absolute Gasteiger partial charge is 0.0661 e. The highest BCUT2D eigenvalue weighted by Crippen LogP contribution is 2.33. The zero-order chi connectivity index (χ0) is 23.1. The van der Waals surface area contributed by atoms with Crippen molar-refractivity contribution in [3.05, 3.63) is 106 Å². The first-order valence-corrected chi connectivity index (χ1v) is 11.6. The lowest BCUT2D eigenvalue weighted by atomic mass is 9.94. The molecule has 1 aliphatic carbocycles. The van der Waals surface area contributed by atoms with Crippen LogP contribution >= 0.6 is 11.6 Å². The van der Waals surface area contributed by atoms with Gasteiger partial charge in [0.1, 0.15) is 0 Å². The Labute approximate surface area is 198 Å². The fourth-order valence-electron chi connectivity index (χ4n) is 3.81. The van der Waals surface area contributed by atoms with E-state index >= 15 is 0 Å². The number of benzene rings is 2. The Hall–Kier alpha value is -2.84. The van der Waals surface area contributed by atoms with E-state index in [4.69, 9.17) is 16.6 Å². The summed E-state index contributed by atoms with van der Waals surface area (Å²) in [5.74, 6) is 0. The van der Waals surface area contributed by atoms with Crippen molar-refractivity contribution in [1.82, 2.24) is 0 Å². The second kappa shape index (κ2) is 11.2. The molecule has 0 radical (unpaired) electrons. The topological polar surface area (TPSA) is 15.6 Å². The highest BCUT2D eigenvalue weighted by atomic mass is 35.5. The summed E-state index contributed by atoms with van der Waals surface area (Å²) in [5.41, 5.74) is 9.21. The highest BCUT2D eigenvalue weighted by molar-refractivity contribution is 6.32. The molecule has 1 aliphatic rings. The highest BCUT2D eigenvalue weighted by Gasteiger charge is 2.14. The van der Waals surface area contributed by atoms with Gasteiger partial charge in [-0.1, -0.05) is 60.2 Å². The molecule has 32 heavy (non-hydrogen) atoms. The number of para-hydroxylation sites is 2. The Bertz CT molecular complexity index is 1120. The largest absolute Gasteiger partial charge is 0.348 e. The molecule has 0 aliphatic heterocycles. The van der Waals surface area contributed by atoms with Crippen molar-refractivity contribution in [2.75, 3.05) is 11.9 Å². The molecule has 2 aromatic rings. The van der Waals surface area contributed by atoms with Crippen LogP contribution in [-0.4, -0.2) is 12.8 Å². The van der Waals surface area contributed by atoms with Gasteiger partial charge in [-0.05, 0) is 93.5 Å². The van der Waals surface area contributed by atoms with Crippen molar-refractivity contribution in [3.8, 4) is 0 Å². The molecule has 0 aromatic heterocycles. The standard InChI is InChI=1S/C29H33ClN2/c1-21-11-6-8-15-27(21)31-23(3)17-19-25-13-10-14-26(29(25)30)20-18-24(4)32(5)28-16-9-7-12-22(28)2/h6-9,11-12,15-20H,10,13-14H2,1-5H3/b19-17+,24-18+,26-20+,31-23+. The first-order valence-electron chi connectivity index (χ1n) is 11.2. The van der Waals surface area contributed by atoms with E-state index in [-0.39, 0.29) is 0 Å². The first kappa shape index (κ1) is 23.8. The van der Waals surface area contributed by atoms with Crippen LogP contribution < -0.4 is 4.90 Å². The van der Waals surface area contributed by atoms with Crippen molar-refractivity contribution >= 4 is 28.7 Å². The third kappa shape index (κ3) is 6.11. The van der Waals surface area contributed by atoms with Crippen LogP contribution in [0.4, 0.5) is 11.4 Å². The summed E-state index contributed by atoms with van der Waals surface area (Å²) in [4.78, 5) is 6.96. The number of anilines is 1. The second-order valence-corrected chi connectivity index (χ2v) is 8.79. The zero-order valence-corrected chi connectivity index (χ0v) is 20.6. The Kier molecular flexibility index (Phi) is 8.30. The third-order valence-corrected chi connectivity index (χ3v) is 6.41. The summed E-state index contributed by atoms with van der Waals surface area (Å²) in [7, 11) is 2.11. The van der Waals surface area contributed by atoms with E-state index in [1.54, 1.807) is 0 Å². The fraction of sp³-hybridized carbons (Fsp3) is 0.276. The minimum absolute atomic E-state index is 0.874. The SMILES string of the molecule is C/C(=C\C=C1/CCCC(/C=C/C(C)=N/c2ccccc2C)=C1Cl)N(C)c1ccccc1C. The van der Waals surface area contributed by atoms with Crippen molar-refractivity contribution in [1.29, 1.82) is 0 Å². The summed E-state index contributed by atoms with van der Waals surface area (Å²) in [6, 6.07) is 16.6. The minimum Gasteiger partial charge on any atom is -0.348 e. The van der Waals surface area contributed by atoms with Gasteiger partial charge in [0.15, 0.2) is 0 Å². The quantitative estimate of drug-likeness (QED) is 0.407. The summed E-state index contributed by atoms with van der Waals surface area (Å²) in [6.07, 6.45) is 11.6. The van der Waals surface area contributed by atoms with Crippen LogP contribution in [-0.2, 0) is 0 Å². The average Bonchev–Trinajstić information content (AvgIpc) is 2.79. The molecule has 0 fully saturated rings. The normalized spacial score (nSPS) is 16.9. The Morgan fingerprint density at radius 2 is 1.66 bits per heavy atom. The lowest BCUT2D eigenvalue weighted by Gasteiger charge is -2.22. The summed E-state index contributed by atoms with van der Waals surface area (Å²) in [6.45, 7) is 8.39. The maximum absolute atomic E-state index is 6.80. The second-order valence-electron chi connectivity index (χ2n) is 8.41. The number of halogens is 1. The molecular weight excluding hydrogens is 412 g/mol. The number of rotatable bonds is 6. The number of aliphatic imine (C=N–C) groups is 1. The lowest BCUT2D eigenvalue weighted by Crippen LogP contribution is -2.15. The molecular formula is C29H33ClN2. The van der Waals surface area contributed by atoms with Crippen LogP contribution in [0.2, 0.25) is 0 Å². The number of hydrogen-bond acceptors (Lipinski definition) is 2. The van der Waals surface area contributed by atoms with Crippen molar-refractivity contribution in [2.24, 2.45) is 4.99 Å². The van der Waals surface area contributed by atoms with Gasteiger partial charge in [-0.25, -0.2) is 0 Å². The molecule has 3 heteroatoms. The average molecular weight is 445 g/mol. The molecule has 0 heterocycles. The predicted octanol–water partition coefficient (Wildman–Crippen LogP) is 8.60. The molecule has 3 rings (SSSR count). The molecule has 0 spiro atoms. The third-order valence-electron chi connectivity index (χ3n) is 5.93. The summed E-state index contributed by atoms with van der Waals surface area (Å²) in [5, 5.41) is 0.874. The molecule has 0 saturated carbocycles. The molecule has 0 bridgehead atoms. The van der Waals surface area contributed by atoms with Gasteiger partial charge in [0.05, 0.1) is 5.69 Å². The minimum atomic E-state index is 0.874. The monoisotopic (exact) mass is 444 g/mol. The Balaban J connectivity index is 1.78. The van der Waals surface area contributed by atoms with Crippen LogP contribution in [0.15, 0.2) is 99.7 Å². The summed E-state index contributed by atoms with van der Waals surface area (Å²) >= 11 is 6.80. The number of hydrogen-bond donors (Lipinski definition) is 0. The van der Waals surface area contributed by atoms with E-state index in [1.807, 2.05) is 25.1 Å². The lowest BCUT2D eigenvalue weighted by molar-refractivity contribution is 0.792. The van der Waals surface area contributed by atoms with Gasteiger partial charge in [-0.3, -0.25) is 4.99 Å². The van der Waals surface area contributed by atoms with Crippen molar-refractivity contribution < 1.29 is 0 Å². The van der Waals surface area contributed by atoms with Gasteiger partial charge in [-0.15, -0.1) is 0 Å². The molecule has 0 amide bonds. The van der Waals surface area contributed by atoms with Crippen LogP contribution in [0.1, 0.15) is 44.2 Å². The van der Waals surface area contributed by atoms with Crippen molar-refractivity contribution in [2.45, 2.75) is 47.0 Å². The molecule has 2 nitrogen and oxygen atoms in total. The number of aryl methyl sites for hydroxylation is 2. The van der Waals surface area contributed by atoms with Crippen LogP contribution in [0.25, 0.3) is 0 Å².